The Morgan fingerprint density at radius 1 is 0.795 bits per heavy atom. The Morgan fingerprint density at radius 2 is 1.59 bits per heavy atom. The summed E-state index contributed by atoms with van der Waals surface area (Å²) >= 11 is 0. The number of aryl methyl sites for hydroxylation is 2. The number of aliphatic carboxylic acids is 2. The van der Waals surface area contributed by atoms with Crippen LogP contribution in [0.2, 0.25) is 0 Å². The molecular formula is C33H35NO5. The van der Waals surface area contributed by atoms with E-state index in [4.69, 9.17) is 9.84 Å². The van der Waals surface area contributed by atoms with Crippen LogP contribution < -0.4 is 4.74 Å². The molecule has 39 heavy (non-hydrogen) atoms. The van der Waals surface area contributed by atoms with E-state index in [1.165, 1.54) is 5.56 Å². The number of carboxylic acid groups (broad SMARTS) is 2. The van der Waals surface area contributed by atoms with Gasteiger partial charge in [-0.2, -0.15) is 0 Å². The standard InChI is InChI=1S/C33H35NO5/c35-31(36)14-8-21-34-24-28(23-32(37)38)33-27(12-7-13-30(33)34)18-15-26-16-19-29(20-17-26)39-22-6-2-5-11-25-9-3-1-4-10-25/h1,3-4,7,9-10,12-13,15-20,24H,2,5-6,8,11,14,21-23H2,(H,35,36)(H,37,38)/b18-15+. The average molecular weight is 526 g/mol. The highest BCUT2D eigenvalue weighted by atomic mass is 16.5. The fraction of sp³-hybridized carbons (Fsp3) is 0.273. The largest absolute Gasteiger partial charge is 0.494 e. The van der Waals surface area contributed by atoms with Crippen LogP contribution in [-0.4, -0.2) is 33.3 Å². The molecular weight excluding hydrogens is 490 g/mol. The molecule has 0 saturated heterocycles. The summed E-state index contributed by atoms with van der Waals surface area (Å²) in [5, 5.41) is 19.3. The van der Waals surface area contributed by atoms with Gasteiger partial charge in [0.05, 0.1) is 13.0 Å². The molecule has 6 heteroatoms. The third-order valence-electron chi connectivity index (χ3n) is 6.71. The van der Waals surface area contributed by atoms with Crippen molar-refractivity contribution in [3.63, 3.8) is 0 Å². The third-order valence-corrected chi connectivity index (χ3v) is 6.71. The summed E-state index contributed by atoms with van der Waals surface area (Å²) in [6.45, 7) is 1.21. The molecule has 0 aliphatic heterocycles. The second-order valence-corrected chi connectivity index (χ2v) is 9.70. The molecule has 4 aromatic rings. The van der Waals surface area contributed by atoms with Crippen molar-refractivity contribution < 1.29 is 24.5 Å². The lowest BCUT2D eigenvalue weighted by Gasteiger charge is -2.07. The highest BCUT2D eigenvalue weighted by Crippen LogP contribution is 2.28. The second kappa shape index (κ2) is 14.0. The van der Waals surface area contributed by atoms with Crippen LogP contribution in [0.4, 0.5) is 0 Å². The Bertz CT molecular complexity index is 1400. The van der Waals surface area contributed by atoms with Gasteiger partial charge in [0, 0.05) is 30.1 Å². The molecule has 0 aliphatic rings. The quantitative estimate of drug-likeness (QED) is 0.128. The molecule has 1 heterocycles. The Balaban J connectivity index is 1.36. The van der Waals surface area contributed by atoms with Gasteiger partial charge in [0.1, 0.15) is 5.75 Å². The Kier molecular flexibility index (Phi) is 9.95. The normalized spacial score (nSPS) is 11.3. The smallest absolute Gasteiger partial charge is 0.307 e. The molecule has 1 aromatic heterocycles. The molecule has 0 aliphatic carbocycles. The van der Waals surface area contributed by atoms with Crippen molar-refractivity contribution >= 4 is 35.0 Å². The summed E-state index contributed by atoms with van der Waals surface area (Å²) < 4.78 is 7.88. The van der Waals surface area contributed by atoms with E-state index in [0.29, 0.717) is 19.6 Å². The van der Waals surface area contributed by atoms with Crippen molar-refractivity contribution in [3.8, 4) is 5.75 Å². The van der Waals surface area contributed by atoms with Crippen LogP contribution in [0.3, 0.4) is 0 Å². The molecule has 0 radical (unpaired) electrons. The van der Waals surface area contributed by atoms with E-state index in [1.807, 2.05) is 71.4 Å². The monoisotopic (exact) mass is 525 g/mol. The first-order valence-corrected chi connectivity index (χ1v) is 13.5. The number of fused-ring (bicyclic) bond motifs is 1. The topological polar surface area (TPSA) is 88.8 Å². The van der Waals surface area contributed by atoms with Gasteiger partial charge >= 0.3 is 11.9 Å². The average Bonchev–Trinajstić information content (AvgIpc) is 3.27. The lowest BCUT2D eigenvalue weighted by atomic mass is 10.0. The Labute approximate surface area is 229 Å². The van der Waals surface area contributed by atoms with Crippen molar-refractivity contribution in [2.24, 2.45) is 0 Å². The van der Waals surface area contributed by atoms with E-state index in [0.717, 1.165) is 59.0 Å². The summed E-state index contributed by atoms with van der Waals surface area (Å²) in [4.78, 5) is 22.4. The first-order valence-electron chi connectivity index (χ1n) is 13.5. The number of unbranched alkanes of at least 4 members (excludes halogenated alkanes) is 2. The summed E-state index contributed by atoms with van der Waals surface area (Å²) in [5.74, 6) is -0.888. The third kappa shape index (κ3) is 8.34. The lowest BCUT2D eigenvalue weighted by molar-refractivity contribution is -0.137. The van der Waals surface area contributed by atoms with Crippen LogP contribution in [0, 0.1) is 0 Å². The van der Waals surface area contributed by atoms with Crippen molar-refractivity contribution in [1.29, 1.82) is 0 Å². The summed E-state index contributed by atoms with van der Waals surface area (Å²) in [6.07, 6.45) is 10.7. The first-order chi connectivity index (χ1) is 19.0. The number of carboxylic acids is 2. The van der Waals surface area contributed by atoms with Gasteiger partial charge in [-0.25, -0.2) is 0 Å². The predicted octanol–water partition coefficient (Wildman–Crippen LogP) is 7.10. The molecule has 0 spiro atoms. The number of aromatic nitrogens is 1. The number of carbonyl (C=O) groups is 2. The minimum Gasteiger partial charge on any atom is -0.494 e. The summed E-state index contributed by atoms with van der Waals surface area (Å²) in [5.41, 5.74) is 4.95. The van der Waals surface area contributed by atoms with Gasteiger partial charge < -0.3 is 19.5 Å². The molecule has 0 amide bonds. The van der Waals surface area contributed by atoms with Gasteiger partial charge in [0.2, 0.25) is 0 Å². The molecule has 6 nitrogen and oxygen atoms in total. The molecule has 0 bridgehead atoms. The highest BCUT2D eigenvalue weighted by Gasteiger charge is 2.14. The SMILES string of the molecule is O=C(O)CCCn1cc(CC(=O)O)c2c(/C=C/c3ccc(OCCCCCc4ccccc4)cc3)cccc21. The number of nitrogens with zero attached hydrogens (tertiary/aromatic N) is 1. The van der Waals surface area contributed by atoms with Crippen molar-refractivity contribution in [2.45, 2.75) is 51.5 Å². The molecule has 202 valence electrons. The van der Waals surface area contributed by atoms with Gasteiger partial charge in [-0.05, 0) is 72.6 Å². The molecule has 0 saturated carbocycles. The van der Waals surface area contributed by atoms with E-state index in [1.54, 1.807) is 0 Å². The van der Waals surface area contributed by atoms with Gasteiger partial charge in [-0.1, -0.05) is 66.7 Å². The van der Waals surface area contributed by atoms with E-state index in [2.05, 4.69) is 24.3 Å². The molecule has 3 aromatic carbocycles. The van der Waals surface area contributed by atoms with Crippen LogP contribution in [0.1, 0.15) is 54.4 Å². The minimum absolute atomic E-state index is 0.0709. The first kappa shape index (κ1) is 27.7. The maximum atomic E-state index is 11.5. The molecule has 0 unspecified atom stereocenters. The molecule has 4 rings (SSSR count). The van der Waals surface area contributed by atoms with Crippen LogP contribution in [0.25, 0.3) is 23.1 Å². The highest BCUT2D eigenvalue weighted by molar-refractivity contribution is 5.96. The lowest BCUT2D eigenvalue weighted by Crippen LogP contribution is -2.01. The fourth-order valence-corrected chi connectivity index (χ4v) is 4.79. The summed E-state index contributed by atoms with van der Waals surface area (Å²) in [7, 11) is 0. The maximum absolute atomic E-state index is 11.5. The van der Waals surface area contributed by atoms with Crippen LogP contribution in [0.15, 0.2) is 79.0 Å². The van der Waals surface area contributed by atoms with E-state index < -0.39 is 11.9 Å². The number of ether oxygens (including phenoxy) is 1. The Morgan fingerprint density at radius 3 is 2.33 bits per heavy atom. The van der Waals surface area contributed by atoms with Crippen LogP contribution in [-0.2, 0) is 29.0 Å². The van der Waals surface area contributed by atoms with Gasteiger partial charge in [-0.3, -0.25) is 9.59 Å². The van der Waals surface area contributed by atoms with E-state index in [-0.39, 0.29) is 12.8 Å². The second-order valence-electron chi connectivity index (χ2n) is 9.70. The zero-order valence-corrected chi connectivity index (χ0v) is 22.1. The van der Waals surface area contributed by atoms with Gasteiger partial charge in [-0.15, -0.1) is 0 Å². The maximum Gasteiger partial charge on any atom is 0.307 e. The van der Waals surface area contributed by atoms with Gasteiger partial charge in [0.15, 0.2) is 0 Å². The van der Waals surface area contributed by atoms with Crippen molar-refractivity contribution in [1.82, 2.24) is 4.57 Å². The van der Waals surface area contributed by atoms with Crippen molar-refractivity contribution in [2.75, 3.05) is 6.61 Å². The Hall–Kier alpha value is -4.32. The number of hydrogen-bond donors (Lipinski definition) is 2. The van der Waals surface area contributed by atoms with Crippen molar-refractivity contribution in [3.05, 3.63) is 101 Å². The fourth-order valence-electron chi connectivity index (χ4n) is 4.79. The predicted molar refractivity (Wildman–Crippen MR) is 155 cm³/mol. The number of rotatable bonds is 15. The van der Waals surface area contributed by atoms with Gasteiger partial charge in [0.25, 0.3) is 0 Å². The van der Waals surface area contributed by atoms with Crippen LogP contribution in [0.5, 0.6) is 5.75 Å². The summed E-state index contributed by atoms with van der Waals surface area (Å²) in [6, 6.07) is 24.4. The number of benzene rings is 3. The molecule has 2 N–H and O–H groups in total. The zero-order valence-electron chi connectivity index (χ0n) is 22.1. The van der Waals surface area contributed by atoms with E-state index >= 15 is 0 Å². The molecule has 0 atom stereocenters. The zero-order chi connectivity index (χ0) is 27.5. The van der Waals surface area contributed by atoms with E-state index in [9.17, 15) is 14.7 Å². The minimum atomic E-state index is -0.898. The number of hydrogen-bond acceptors (Lipinski definition) is 3. The van der Waals surface area contributed by atoms with Crippen LogP contribution >= 0.6 is 0 Å². The molecule has 0 fully saturated rings.